The van der Waals surface area contributed by atoms with Crippen LogP contribution < -0.4 is 15.5 Å². The van der Waals surface area contributed by atoms with Crippen molar-refractivity contribution in [3.63, 3.8) is 0 Å². The van der Waals surface area contributed by atoms with Gasteiger partial charge in [0.1, 0.15) is 12.1 Å². The molecule has 0 spiro atoms. The largest absolute Gasteiger partial charge is 0.357 e. The van der Waals surface area contributed by atoms with Crippen LogP contribution in [0.4, 0.5) is 5.69 Å². The zero-order chi connectivity index (χ0) is 13.8. The Morgan fingerprint density at radius 1 is 1.58 bits per heavy atom. The average molecular weight is 258 g/mol. The van der Waals surface area contributed by atoms with E-state index in [1.807, 2.05) is 30.0 Å². The van der Waals surface area contributed by atoms with Crippen LogP contribution in [-0.4, -0.2) is 38.6 Å². The Hall–Kier alpha value is -2.06. The maximum Gasteiger partial charge on any atom is 0.243 e. The number of carbonyl (C=O) groups is 1. The van der Waals surface area contributed by atoms with Crippen LogP contribution in [0.5, 0.6) is 0 Å². The molecule has 2 rings (SSSR count). The standard InChI is InChI=1S/C14H18N4O/c1-10-3-4-11(8-15)12(7-10)18-6-5-17-9-13(18)14(19)16-2/h3-4,7,13,17H,5-6,9H2,1-2H3,(H,16,19). The number of rotatable bonds is 2. The average Bonchev–Trinajstić information content (AvgIpc) is 2.46. The highest BCUT2D eigenvalue weighted by molar-refractivity contribution is 5.86. The number of hydrogen-bond donors (Lipinski definition) is 2. The van der Waals surface area contributed by atoms with Gasteiger partial charge in [0.2, 0.25) is 5.91 Å². The minimum Gasteiger partial charge on any atom is -0.357 e. The quantitative estimate of drug-likeness (QED) is 0.805. The van der Waals surface area contributed by atoms with Gasteiger partial charge in [-0.15, -0.1) is 0 Å². The molecule has 1 amide bonds. The molecule has 0 saturated carbocycles. The SMILES string of the molecule is CNC(=O)C1CNCCN1c1cc(C)ccc1C#N. The fourth-order valence-corrected chi connectivity index (χ4v) is 2.37. The van der Waals surface area contributed by atoms with Crippen LogP contribution in [0.25, 0.3) is 0 Å². The third-order valence-corrected chi connectivity index (χ3v) is 3.38. The van der Waals surface area contributed by atoms with Crippen LogP contribution in [0.2, 0.25) is 0 Å². The maximum atomic E-state index is 12.0. The summed E-state index contributed by atoms with van der Waals surface area (Å²) in [6.45, 7) is 4.11. The highest BCUT2D eigenvalue weighted by Crippen LogP contribution is 2.24. The van der Waals surface area contributed by atoms with Gasteiger partial charge >= 0.3 is 0 Å². The zero-order valence-corrected chi connectivity index (χ0v) is 11.2. The lowest BCUT2D eigenvalue weighted by atomic mass is 10.1. The van der Waals surface area contributed by atoms with Gasteiger partial charge in [0.05, 0.1) is 11.3 Å². The number of nitrogens with one attached hydrogen (secondary N) is 2. The van der Waals surface area contributed by atoms with Crippen molar-refractivity contribution in [3.8, 4) is 6.07 Å². The molecule has 1 aromatic carbocycles. The summed E-state index contributed by atoms with van der Waals surface area (Å²) in [6, 6.07) is 7.63. The predicted molar refractivity (Wildman–Crippen MR) is 74.0 cm³/mol. The molecule has 1 aliphatic rings. The first-order chi connectivity index (χ1) is 9.17. The van der Waals surface area contributed by atoms with Crippen molar-refractivity contribution in [3.05, 3.63) is 29.3 Å². The highest BCUT2D eigenvalue weighted by atomic mass is 16.2. The normalized spacial score (nSPS) is 18.8. The lowest BCUT2D eigenvalue weighted by Gasteiger charge is -2.37. The van der Waals surface area contributed by atoms with Crippen LogP contribution in [0, 0.1) is 18.3 Å². The number of nitrogens with zero attached hydrogens (tertiary/aromatic N) is 2. The number of benzene rings is 1. The highest BCUT2D eigenvalue weighted by Gasteiger charge is 2.29. The second-order valence-corrected chi connectivity index (χ2v) is 4.66. The number of likely N-dealkylation sites (N-methyl/N-ethyl adjacent to an activating group) is 1. The van der Waals surface area contributed by atoms with Gasteiger partial charge in [-0.1, -0.05) is 6.07 Å². The summed E-state index contributed by atoms with van der Waals surface area (Å²) in [6.07, 6.45) is 0. The predicted octanol–water partition coefficient (Wildman–Crippen LogP) is 0.391. The molecular formula is C14H18N4O. The van der Waals surface area contributed by atoms with E-state index >= 15 is 0 Å². The first-order valence-corrected chi connectivity index (χ1v) is 6.37. The fourth-order valence-electron chi connectivity index (χ4n) is 2.37. The molecule has 5 nitrogen and oxygen atoms in total. The van der Waals surface area contributed by atoms with Crippen LogP contribution in [0.1, 0.15) is 11.1 Å². The van der Waals surface area contributed by atoms with Crippen molar-refractivity contribution in [2.45, 2.75) is 13.0 Å². The van der Waals surface area contributed by atoms with Gasteiger partial charge in [0, 0.05) is 26.7 Å². The third-order valence-electron chi connectivity index (χ3n) is 3.38. The summed E-state index contributed by atoms with van der Waals surface area (Å²) in [4.78, 5) is 14.0. The van der Waals surface area contributed by atoms with E-state index in [-0.39, 0.29) is 11.9 Å². The van der Waals surface area contributed by atoms with Crippen LogP contribution in [-0.2, 0) is 4.79 Å². The number of piperazine rings is 1. The Balaban J connectivity index is 2.40. The van der Waals surface area contributed by atoms with E-state index in [0.29, 0.717) is 12.1 Å². The fraction of sp³-hybridized carbons (Fsp3) is 0.429. The second kappa shape index (κ2) is 5.72. The molecule has 2 N–H and O–H groups in total. The first-order valence-electron chi connectivity index (χ1n) is 6.37. The number of nitriles is 1. The number of aryl methyl sites for hydroxylation is 1. The summed E-state index contributed by atoms with van der Waals surface area (Å²) >= 11 is 0. The first kappa shape index (κ1) is 13.4. The second-order valence-electron chi connectivity index (χ2n) is 4.66. The summed E-state index contributed by atoms with van der Waals surface area (Å²) in [7, 11) is 1.64. The number of carbonyl (C=O) groups excluding carboxylic acids is 1. The molecule has 0 aromatic heterocycles. The maximum absolute atomic E-state index is 12.0. The van der Waals surface area contributed by atoms with Gasteiger partial charge in [-0.25, -0.2) is 0 Å². The Morgan fingerprint density at radius 3 is 3.05 bits per heavy atom. The van der Waals surface area contributed by atoms with E-state index in [1.165, 1.54) is 0 Å². The van der Waals surface area contributed by atoms with E-state index in [4.69, 9.17) is 0 Å². The molecule has 100 valence electrons. The molecule has 1 aromatic rings. The lowest BCUT2D eigenvalue weighted by Crippen LogP contribution is -2.57. The summed E-state index contributed by atoms with van der Waals surface area (Å²) in [5.74, 6) is -0.0300. The van der Waals surface area contributed by atoms with Crippen molar-refractivity contribution in [1.29, 1.82) is 5.26 Å². The number of hydrogen-bond acceptors (Lipinski definition) is 4. The monoisotopic (exact) mass is 258 g/mol. The van der Waals surface area contributed by atoms with Gasteiger partial charge in [-0.3, -0.25) is 4.79 Å². The smallest absolute Gasteiger partial charge is 0.243 e. The van der Waals surface area contributed by atoms with Gasteiger partial charge < -0.3 is 15.5 Å². The summed E-state index contributed by atoms with van der Waals surface area (Å²) < 4.78 is 0. The van der Waals surface area contributed by atoms with Crippen molar-refractivity contribution >= 4 is 11.6 Å². The Morgan fingerprint density at radius 2 is 2.37 bits per heavy atom. The van der Waals surface area contributed by atoms with Crippen LogP contribution in [0.15, 0.2) is 18.2 Å². The summed E-state index contributed by atoms with van der Waals surface area (Å²) in [5, 5.41) is 15.1. The zero-order valence-electron chi connectivity index (χ0n) is 11.2. The van der Waals surface area contributed by atoms with E-state index in [0.717, 1.165) is 24.3 Å². The summed E-state index contributed by atoms with van der Waals surface area (Å²) in [5.41, 5.74) is 2.54. The van der Waals surface area contributed by atoms with Gasteiger partial charge in [0.25, 0.3) is 0 Å². The molecule has 1 heterocycles. The molecule has 1 saturated heterocycles. The minimum absolute atomic E-state index is 0.0300. The third kappa shape index (κ3) is 2.69. The molecule has 1 atom stereocenters. The van der Waals surface area contributed by atoms with Crippen molar-refractivity contribution < 1.29 is 4.79 Å². The molecular weight excluding hydrogens is 240 g/mol. The van der Waals surface area contributed by atoms with Crippen LogP contribution >= 0.6 is 0 Å². The van der Waals surface area contributed by atoms with Crippen molar-refractivity contribution in [2.75, 3.05) is 31.6 Å². The molecule has 1 aliphatic heterocycles. The van der Waals surface area contributed by atoms with Gasteiger partial charge in [0.15, 0.2) is 0 Å². The molecule has 0 bridgehead atoms. The molecule has 0 aliphatic carbocycles. The minimum atomic E-state index is -0.271. The molecule has 19 heavy (non-hydrogen) atoms. The number of anilines is 1. The van der Waals surface area contributed by atoms with Gasteiger partial charge in [-0.2, -0.15) is 5.26 Å². The Labute approximate surface area is 113 Å². The number of amides is 1. The van der Waals surface area contributed by atoms with E-state index in [9.17, 15) is 10.1 Å². The van der Waals surface area contributed by atoms with E-state index in [2.05, 4.69) is 16.7 Å². The van der Waals surface area contributed by atoms with Gasteiger partial charge in [-0.05, 0) is 24.6 Å². The Bertz CT molecular complexity index is 521. The van der Waals surface area contributed by atoms with Crippen molar-refractivity contribution in [1.82, 2.24) is 10.6 Å². The van der Waals surface area contributed by atoms with Crippen molar-refractivity contribution in [2.24, 2.45) is 0 Å². The van der Waals surface area contributed by atoms with Crippen LogP contribution in [0.3, 0.4) is 0 Å². The molecule has 5 heteroatoms. The Kier molecular flexibility index (Phi) is 4.03. The topological polar surface area (TPSA) is 68.2 Å². The molecule has 1 fully saturated rings. The van der Waals surface area contributed by atoms with E-state index < -0.39 is 0 Å². The van der Waals surface area contributed by atoms with E-state index in [1.54, 1.807) is 7.05 Å². The molecule has 0 radical (unpaired) electrons. The lowest BCUT2D eigenvalue weighted by molar-refractivity contribution is -0.122. The molecule has 1 unspecified atom stereocenters.